The summed E-state index contributed by atoms with van der Waals surface area (Å²) in [5.41, 5.74) is 1.68. The Balaban J connectivity index is 2.08. The van der Waals surface area contributed by atoms with Gasteiger partial charge in [-0.2, -0.15) is 4.31 Å². The van der Waals surface area contributed by atoms with E-state index in [4.69, 9.17) is 11.6 Å². The summed E-state index contributed by atoms with van der Waals surface area (Å²) >= 11 is 5.84. The minimum atomic E-state index is -3.47. The average Bonchev–Trinajstić information content (AvgIpc) is 2.59. The topological polar surface area (TPSA) is 50.3 Å². The first-order valence-corrected chi connectivity index (χ1v) is 9.73. The molecule has 0 amide bonds. The summed E-state index contributed by atoms with van der Waals surface area (Å²) in [7, 11) is -3.47. The Bertz CT molecular complexity index is 759. The van der Waals surface area contributed by atoms with Gasteiger partial charge in [-0.3, -0.25) is 4.98 Å². The summed E-state index contributed by atoms with van der Waals surface area (Å²) in [5, 5.41) is 1.88. The number of hydrogen-bond donors (Lipinski definition) is 0. The van der Waals surface area contributed by atoms with E-state index in [0.29, 0.717) is 24.5 Å². The molecule has 0 bridgehead atoms. The van der Waals surface area contributed by atoms with Crippen molar-refractivity contribution in [2.24, 2.45) is 0 Å². The molecule has 0 saturated carbocycles. The standard InChI is InChI=1S/C18H21ClN2O2S/c1-2-13-21(14-10-18-5-3-4-12-20-18)24(22,23)15-11-16-6-8-17(19)9-7-16/h3-9,11-12,15H,2,10,13-14H2,1H3/b15-11+. The molecule has 0 N–H and O–H groups in total. The largest absolute Gasteiger partial charge is 0.261 e. The predicted octanol–water partition coefficient (Wildman–Crippen LogP) is 3.99. The van der Waals surface area contributed by atoms with Gasteiger partial charge in [0.2, 0.25) is 10.0 Å². The fourth-order valence-electron chi connectivity index (χ4n) is 2.23. The highest BCUT2D eigenvalue weighted by atomic mass is 35.5. The molecular formula is C18H21ClN2O2S. The van der Waals surface area contributed by atoms with E-state index in [1.54, 1.807) is 36.5 Å². The van der Waals surface area contributed by atoms with Crippen LogP contribution in [0.1, 0.15) is 24.6 Å². The average molecular weight is 365 g/mol. The second kappa shape index (κ2) is 8.97. The van der Waals surface area contributed by atoms with E-state index in [2.05, 4.69) is 4.98 Å². The van der Waals surface area contributed by atoms with Crippen molar-refractivity contribution in [2.45, 2.75) is 19.8 Å². The third-order valence-corrected chi connectivity index (χ3v) is 5.30. The Morgan fingerprint density at radius 3 is 2.50 bits per heavy atom. The number of aromatic nitrogens is 1. The van der Waals surface area contributed by atoms with E-state index < -0.39 is 10.0 Å². The molecule has 0 aliphatic rings. The molecule has 128 valence electrons. The molecule has 1 heterocycles. The fraction of sp³-hybridized carbons (Fsp3) is 0.278. The molecule has 0 atom stereocenters. The summed E-state index contributed by atoms with van der Waals surface area (Å²) in [6, 6.07) is 12.7. The van der Waals surface area contributed by atoms with Crippen LogP contribution < -0.4 is 0 Å². The smallest absolute Gasteiger partial charge is 0.236 e. The van der Waals surface area contributed by atoms with Crippen LogP contribution in [0.25, 0.3) is 6.08 Å². The first-order valence-electron chi connectivity index (χ1n) is 7.85. The van der Waals surface area contributed by atoms with Crippen molar-refractivity contribution in [1.82, 2.24) is 9.29 Å². The van der Waals surface area contributed by atoms with Gasteiger partial charge in [-0.1, -0.05) is 36.7 Å². The van der Waals surface area contributed by atoms with Crippen molar-refractivity contribution in [3.63, 3.8) is 0 Å². The van der Waals surface area contributed by atoms with Gasteiger partial charge in [0, 0.05) is 41.8 Å². The number of halogens is 1. The Hall–Kier alpha value is -1.69. The van der Waals surface area contributed by atoms with Gasteiger partial charge in [-0.15, -0.1) is 0 Å². The van der Waals surface area contributed by atoms with Gasteiger partial charge in [-0.05, 0) is 42.3 Å². The Morgan fingerprint density at radius 2 is 1.88 bits per heavy atom. The number of benzene rings is 1. The molecule has 1 aromatic heterocycles. The number of pyridine rings is 1. The molecule has 0 aliphatic heterocycles. The van der Waals surface area contributed by atoms with Crippen molar-refractivity contribution in [2.75, 3.05) is 13.1 Å². The van der Waals surface area contributed by atoms with Crippen LogP contribution in [0.5, 0.6) is 0 Å². The molecule has 0 aliphatic carbocycles. The van der Waals surface area contributed by atoms with Gasteiger partial charge in [0.15, 0.2) is 0 Å². The van der Waals surface area contributed by atoms with Crippen LogP contribution in [0.15, 0.2) is 54.1 Å². The third-order valence-electron chi connectivity index (χ3n) is 3.48. The zero-order valence-corrected chi connectivity index (χ0v) is 15.2. The fourth-order valence-corrected chi connectivity index (χ4v) is 3.64. The Labute approximate surface area is 148 Å². The lowest BCUT2D eigenvalue weighted by atomic mass is 10.2. The first-order chi connectivity index (χ1) is 11.5. The maximum Gasteiger partial charge on any atom is 0.236 e. The quantitative estimate of drug-likeness (QED) is 0.711. The molecule has 0 spiro atoms. The molecule has 2 aromatic rings. The second-order valence-corrected chi connectivity index (χ2v) is 7.62. The maximum absolute atomic E-state index is 12.6. The minimum Gasteiger partial charge on any atom is -0.261 e. The second-order valence-electron chi connectivity index (χ2n) is 5.37. The van der Waals surface area contributed by atoms with E-state index in [9.17, 15) is 8.42 Å². The lowest BCUT2D eigenvalue weighted by Gasteiger charge is -2.19. The van der Waals surface area contributed by atoms with Gasteiger partial charge >= 0.3 is 0 Å². The van der Waals surface area contributed by atoms with E-state index in [1.807, 2.05) is 25.1 Å². The van der Waals surface area contributed by atoms with Crippen molar-refractivity contribution in [1.29, 1.82) is 0 Å². The molecule has 0 fully saturated rings. The van der Waals surface area contributed by atoms with Crippen LogP contribution in [0.4, 0.5) is 0 Å². The molecule has 4 nitrogen and oxygen atoms in total. The van der Waals surface area contributed by atoms with Crippen LogP contribution in [-0.4, -0.2) is 30.8 Å². The number of rotatable bonds is 8. The molecular weight excluding hydrogens is 344 g/mol. The minimum absolute atomic E-state index is 0.415. The summed E-state index contributed by atoms with van der Waals surface area (Å²) in [6.07, 6.45) is 4.66. The Morgan fingerprint density at radius 1 is 1.12 bits per heavy atom. The van der Waals surface area contributed by atoms with Gasteiger partial charge in [-0.25, -0.2) is 8.42 Å². The highest BCUT2D eigenvalue weighted by Gasteiger charge is 2.18. The van der Waals surface area contributed by atoms with Crippen LogP contribution in [-0.2, 0) is 16.4 Å². The monoisotopic (exact) mass is 364 g/mol. The highest BCUT2D eigenvalue weighted by molar-refractivity contribution is 7.92. The SMILES string of the molecule is CCCN(CCc1ccccn1)S(=O)(=O)/C=C/c1ccc(Cl)cc1. The van der Waals surface area contributed by atoms with Gasteiger partial charge in [0.25, 0.3) is 0 Å². The molecule has 24 heavy (non-hydrogen) atoms. The molecule has 2 rings (SSSR count). The van der Waals surface area contributed by atoms with Crippen molar-refractivity contribution in [3.05, 3.63) is 70.3 Å². The number of sulfonamides is 1. The lowest BCUT2D eigenvalue weighted by Crippen LogP contribution is -2.32. The lowest BCUT2D eigenvalue weighted by molar-refractivity contribution is 0.418. The van der Waals surface area contributed by atoms with E-state index >= 15 is 0 Å². The molecule has 0 unspecified atom stereocenters. The van der Waals surface area contributed by atoms with Crippen LogP contribution in [0, 0.1) is 0 Å². The van der Waals surface area contributed by atoms with E-state index in [0.717, 1.165) is 17.7 Å². The zero-order valence-electron chi connectivity index (χ0n) is 13.6. The van der Waals surface area contributed by atoms with E-state index in [-0.39, 0.29) is 0 Å². The number of hydrogen-bond acceptors (Lipinski definition) is 3. The van der Waals surface area contributed by atoms with Gasteiger partial charge in [0.05, 0.1) is 0 Å². The molecule has 6 heteroatoms. The summed E-state index contributed by atoms with van der Waals surface area (Å²) in [5.74, 6) is 0. The first kappa shape index (κ1) is 18.6. The molecule has 1 aromatic carbocycles. The van der Waals surface area contributed by atoms with Crippen molar-refractivity contribution < 1.29 is 8.42 Å². The predicted molar refractivity (Wildman–Crippen MR) is 99.2 cm³/mol. The highest BCUT2D eigenvalue weighted by Crippen LogP contribution is 2.13. The van der Waals surface area contributed by atoms with Crippen molar-refractivity contribution >= 4 is 27.7 Å². The molecule has 0 saturated heterocycles. The van der Waals surface area contributed by atoms with Crippen LogP contribution in [0.3, 0.4) is 0 Å². The maximum atomic E-state index is 12.6. The van der Waals surface area contributed by atoms with Crippen LogP contribution in [0.2, 0.25) is 5.02 Å². The van der Waals surface area contributed by atoms with Crippen LogP contribution >= 0.6 is 11.6 Å². The number of nitrogens with zero attached hydrogens (tertiary/aromatic N) is 2. The van der Waals surface area contributed by atoms with Gasteiger partial charge < -0.3 is 0 Å². The summed E-state index contributed by atoms with van der Waals surface area (Å²) < 4.78 is 26.6. The van der Waals surface area contributed by atoms with E-state index in [1.165, 1.54) is 9.71 Å². The molecule has 0 radical (unpaired) electrons. The summed E-state index contributed by atoms with van der Waals surface area (Å²) in [4.78, 5) is 4.24. The van der Waals surface area contributed by atoms with Gasteiger partial charge in [0.1, 0.15) is 0 Å². The third kappa shape index (κ3) is 5.74. The normalized spacial score (nSPS) is 12.1. The Kier molecular flexibility index (Phi) is 6.97. The van der Waals surface area contributed by atoms with Crippen molar-refractivity contribution in [3.8, 4) is 0 Å². The summed E-state index contributed by atoms with van der Waals surface area (Å²) in [6.45, 7) is 2.87. The zero-order chi connectivity index (χ0) is 17.4.